The van der Waals surface area contributed by atoms with Gasteiger partial charge in [-0.05, 0) is 54.8 Å². The lowest BCUT2D eigenvalue weighted by Gasteiger charge is -2.47. The van der Waals surface area contributed by atoms with E-state index in [2.05, 4.69) is 27.7 Å². The number of hydrogen-bond donors (Lipinski definition) is 0. The summed E-state index contributed by atoms with van der Waals surface area (Å²) in [7, 11) is 0. The van der Waals surface area contributed by atoms with Gasteiger partial charge in [0.05, 0.1) is 0 Å². The van der Waals surface area contributed by atoms with Crippen LogP contribution in [0.15, 0.2) is 0 Å². The average molecular weight is 208 g/mol. The molecular weight excluding hydrogens is 180 g/mol. The van der Waals surface area contributed by atoms with Crippen molar-refractivity contribution in [3.05, 3.63) is 0 Å². The van der Waals surface area contributed by atoms with Crippen LogP contribution in [0.3, 0.4) is 0 Å². The Morgan fingerprint density at radius 1 is 1.13 bits per heavy atom. The molecule has 0 N–H and O–H groups in total. The van der Waals surface area contributed by atoms with E-state index >= 15 is 0 Å². The molecule has 0 nitrogen and oxygen atoms in total. The number of hydrogen-bond acceptors (Lipinski definition) is 0. The molecule has 5 atom stereocenters. The lowest BCUT2D eigenvalue weighted by atomic mass is 9.58. The van der Waals surface area contributed by atoms with Gasteiger partial charge in [0.15, 0.2) is 0 Å². The van der Waals surface area contributed by atoms with Crippen LogP contribution >= 0.6 is 0 Å². The first-order chi connectivity index (χ1) is 7.05. The van der Waals surface area contributed by atoms with Gasteiger partial charge in [-0.25, -0.2) is 0 Å². The Kier molecular flexibility index (Phi) is 3.14. The predicted octanol–water partition coefficient (Wildman–Crippen LogP) is 4.89. The van der Waals surface area contributed by atoms with Gasteiger partial charge in [0, 0.05) is 0 Å². The molecule has 2 fully saturated rings. The third kappa shape index (κ3) is 2.10. The highest BCUT2D eigenvalue weighted by atomic mass is 14.5. The second-order valence-corrected chi connectivity index (χ2v) is 6.85. The van der Waals surface area contributed by atoms with Gasteiger partial charge in [-0.1, -0.05) is 40.5 Å². The van der Waals surface area contributed by atoms with Gasteiger partial charge >= 0.3 is 0 Å². The van der Waals surface area contributed by atoms with E-state index in [0.717, 1.165) is 23.7 Å². The molecule has 2 bridgehead atoms. The lowest BCUT2D eigenvalue weighted by molar-refractivity contribution is 0.0270. The standard InChI is InChI=1S/C15H28/c1-5-14-13-8-11(2)6-7-15(14,4)10-12(3)9-13/h11-14H,5-10H2,1-4H3. The van der Waals surface area contributed by atoms with Gasteiger partial charge < -0.3 is 0 Å². The van der Waals surface area contributed by atoms with Crippen molar-refractivity contribution < 1.29 is 0 Å². The van der Waals surface area contributed by atoms with Crippen LogP contribution in [0, 0.1) is 29.1 Å². The normalized spacial score (nSPS) is 51.2. The summed E-state index contributed by atoms with van der Waals surface area (Å²) in [5.74, 6) is 4.03. The number of rotatable bonds is 1. The van der Waals surface area contributed by atoms with E-state index in [9.17, 15) is 0 Å². The van der Waals surface area contributed by atoms with Crippen LogP contribution < -0.4 is 0 Å². The summed E-state index contributed by atoms with van der Waals surface area (Å²) in [6, 6.07) is 0. The molecule has 2 rings (SSSR count). The minimum Gasteiger partial charge on any atom is -0.0651 e. The van der Waals surface area contributed by atoms with Gasteiger partial charge in [0.25, 0.3) is 0 Å². The predicted molar refractivity (Wildman–Crippen MR) is 66.8 cm³/mol. The van der Waals surface area contributed by atoms with Crippen molar-refractivity contribution in [2.45, 2.75) is 66.2 Å². The topological polar surface area (TPSA) is 0 Å². The molecule has 0 spiro atoms. The first-order valence-corrected chi connectivity index (χ1v) is 7.05. The van der Waals surface area contributed by atoms with Gasteiger partial charge in [-0.15, -0.1) is 0 Å². The highest BCUT2D eigenvalue weighted by Gasteiger charge is 2.45. The fraction of sp³-hybridized carbons (Fsp3) is 1.00. The Labute approximate surface area is 95.8 Å². The summed E-state index contributed by atoms with van der Waals surface area (Å²) in [4.78, 5) is 0. The van der Waals surface area contributed by atoms with E-state index in [0.29, 0.717) is 5.41 Å². The van der Waals surface area contributed by atoms with Crippen molar-refractivity contribution >= 4 is 0 Å². The number of fused-ring (bicyclic) bond motifs is 2. The fourth-order valence-electron chi connectivity index (χ4n) is 4.87. The van der Waals surface area contributed by atoms with Crippen LogP contribution in [0.4, 0.5) is 0 Å². The second kappa shape index (κ2) is 4.11. The Morgan fingerprint density at radius 2 is 1.80 bits per heavy atom. The molecule has 15 heavy (non-hydrogen) atoms. The van der Waals surface area contributed by atoms with Crippen molar-refractivity contribution in [2.75, 3.05) is 0 Å². The Morgan fingerprint density at radius 3 is 2.47 bits per heavy atom. The molecule has 88 valence electrons. The molecule has 0 amide bonds. The average Bonchev–Trinajstić information content (AvgIpc) is 2.20. The first kappa shape index (κ1) is 11.5. The summed E-state index contributed by atoms with van der Waals surface area (Å²) in [5, 5.41) is 0. The van der Waals surface area contributed by atoms with Gasteiger partial charge in [-0.2, -0.15) is 0 Å². The van der Waals surface area contributed by atoms with Crippen LogP contribution in [0.1, 0.15) is 66.2 Å². The van der Waals surface area contributed by atoms with E-state index in [1.165, 1.54) is 38.5 Å². The molecular formula is C15H28. The molecule has 0 radical (unpaired) electrons. The monoisotopic (exact) mass is 208 g/mol. The Balaban J connectivity index is 2.24. The van der Waals surface area contributed by atoms with Crippen LogP contribution in [0.5, 0.6) is 0 Å². The zero-order valence-electron chi connectivity index (χ0n) is 11.1. The molecule has 0 aromatic heterocycles. The molecule has 0 heterocycles. The SMILES string of the molecule is CCC1C2CC(C)CCC1(C)CC(C)C2. The quantitative estimate of drug-likeness (QED) is 0.576. The van der Waals surface area contributed by atoms with E-state index in [1.54, 1.807) is 0 Å². The van der Waals surface area contributed by atoms with Gasteiger partial charge in [-0.3, -0.25) is 0 Å². The van der Waals surface area contributed by atoms with Crippen molar-refractivity contribution in [3.63, 3.8) is 0 Å². The molecule has 0 aromatic rings. The lowest BCUT2D eigenvalue weighted by Crippen LogP contribution is -2.38. The smallest absolute Gasteiger partial charge is 0.0292 e. The fourth-order valence-corrected chi connectivity index (χ4v) is 4.87. The molecule has 0 aromatic carbocycles. The van der Waals surface area contributed by atoms with Crippen molar-refractivity contribution in [3.8, 4) is 0 Å². The summed E-state index contributed by atoms with van der Waals surface area (Å²) in [6.07, 6.45) is 8.91. The van der Waals surface area contributed by atoms with Crippen LogP contribution in [0.2, 0.25) is 0 Å². The largest absolute Gasteiger partial charge is 0.0651 e. The van der Waals surface area contributed by atoms with Crippen LogP contribution in [0.25, 0.3) is 0 Å². The van der Waals surface area contributed by atoms with Crippen molar-refractivity contribution in [1.29, 1.82) is 0 Å². The van der Waals surface area contributed by atoms with Gasteiger partial charge in [0.1, 0.15) is 0 Å². The first-order valence-electron chi connectivity index (χ1n) is 7.05. The maximum absolute atomic E-state index is 2.59. The van der Waals surface area contributed by atoms with E-state index in [-0.39, 0.29) is 0 Å². The van der Waals surface area contributed by atoms with Gasteiger partial charge in [0.2, 0.25) is 0 Å². The minimum atomic E-state index is 0.682. The summed E-state index contributed by atoms with van der Waals surface area (Å²) >= 11 is 0. The molecule has 0 saturated heterocycles. The van der Waals surface area contributed by atoms with E-state index < -0.39 is 0 Å². The van der Waals surface area contributed by atoms with E-state index in [4.69, 9.17) is 0 Å². The highest BCUT2D eigenvalue weighted by molar-refractivity contribution is 4.95. The van der Waals surface area contributed by atoms with Crippen molar-refractivity contribution in [1.82, 2.24) is 0 Å². The molecule has 0 aliphatic heterocycles. The summed E-state index contributed by atoms with van der Waals surface area (Å²) < 4.78 is 0. The van der Waals surface area contributed by atoms with Crippen LogP contribution in [-0.2, 0) is 0 Å². The molecule has 0 heteroatoms. The third-order valence-corrected chi connectivity index (χ3v) is 5.34. The van der Waals surface area contributed by atoms with Crippen molar-refractivity contribution in [2.24, 2.45) is 29.1 Å². The maximum Gasteiger partial charge on any atom is -0.0292 e. The Bertz CT molecular complexity index is 220. The van der Waals surface area contributed by atoms with Crippen LogP contribution in [-0.4, -0.2) is 0 Å². The maximum atomic E-state index is 2.59. The molecule has 2 aliphatic carbocycles. The molecule has 5 unspecified atom stereocenters. The minimum absolute atomic E-state index is 0.682. The molecule has 2 aliphatic rings. The van der Waals surface area contributed by atoms with E-state index in [1.807, 2.05) is 0 Å². The second-order valence-electron chi connectivity index (χ2n) is 6.85. The summed E-state index contributed by atoms with van der Waals surface area (Å²) in [5.41, 5.74) is 0.682. The Hall–Kier alpha value is 0. The highest BCUT2D eigenvalue weighted by Crippen LogP contribution is 2.55. The third-order valence-electron chi connectivity index (χ3n) is 5.34. The zero-order valence-corrected chi connectivity index (χ0v) is 11.1. The zero-order chi connectivity index (χ0) is 11.1. The summed E-state index contributed by atoms with van der Waals surface area (Å²) in [6.45, 7) is 9.96. The molecule has 2 saturated carbocycles.